The van der Waals surface area contributed by atoms with E-state index in [9.17, 15) is 0 Å². The molecule has 0 aliphatic rings. The maximum atomic E-state index is 4.03. The van der Waals surface area contributed by atoms with E-state index in [4.69, 9.17) is 0 Å². The van der Waals surface area contributed by atoms with E-state index in [2.05, 4.69) is 50.6 Å². The zero-order valence-corrected chi connectivity index (χ0v) is 11.7. The van der Waals surface area contributed by atoms with Gasteiger partial charge in [-0.3, -0.25) is 0 Å². The molecule has 1 aromatic heterocycles. The van der Waals surface area contributed by atoms with E-state index >= 15 is 0 Å². The van der Waals surface area contributed by atoms with Gasteiger partial charge in [-0.2, -0.15) is 0 Å². The fourth-order valence-corrected chi connectivity index (χ4v) is 2.40. The Balaban J connectivity index is 2.60. The van der Waals surface area contributed by atoms with Crippen molar-refractivity contribution in [2.45, 2.75) is 13.0 Å². The quantitative estimate of drug-likeness (QED) is 0.946. The molecule has 0 saturated carbocycles. The molecule has 90 valence electrons. The van der Waals surface area contributed by atoms with Gasteiger partial charge in [0.2, 0.25) is 0 Å². The normalized spacial score (nSPS) is 12.7. The lowest BCUT2D eigenvalue weighted by Crippen LogP contribution is -2.13. The van der Waals surface area contributed by atoms with Gasteiger partial charge in [0.15, 0.2) is 4.60 Å². The van der Waals surface area contributed by atoms with Crippen molar-refractivity contribution in [1.82, 2.24) is 20.3 Å². The highest BCUT2D eigenvalue weighted by atomic mass is 79.9. The van der Waals surface area contributed by atoms with Crippen molar-refractivity contribution in [2.24, 2.45) is 7.05 Å². The number of aromatic nitrogens is 3. The second kappa shape index (κ2) is 4.98. The number of rotatable bonds is 3. The van der Waals surface area contributed by atoms with Crippen molar-refractivity contribution in [3.63, 3.8) is 0 Å². The zero-order valence-electron chi connectivity index (χ0n) is 10.1. The Kier molecular flexibility index (Phi) is 3.59. The molecule has 17 heavy (non-hydrogen) atoms. The molecule has 0 spiro atoms. The summed E-state index contributed by atoms with van der Waals surface area (Å²) in [7, 11) is 3.85. The van der Waals surface area contributed by atoms with Crippen molar-refractivity contribution >= 4 is 15.9 Å². The molecule has 0 saturated heterocycles. The van der Waals surface area contributed by atoms with E-state index in [1.165, 1.54) is 5.56 Å². The molecule has 0 amide bonds. The molecular weight excluding hydrogens is 280 g/mol. The van der Waals surface area contributed by atoms with Gasteiger partial charge in [0.05, 0.1) is 0 Å². The van der Waals surface area contributed by atoms with Gasteiger partial charge in [-0.05, 0) is 35.5 Å². The van der Waals surface area contributed by atoms with E-state index in [1.807, 2.05) is 26.2 Å². The molecule has 5 heteroatoms. The largest absolute Gasteiger partial charge is 0.313 e. The predicted octanol–water partition coefficient (Wildman–Crippen LogP) is 2.53. The van der Waals surface area contributed by atoms with Crippen molar-refractivity contribution in [3.05, 3.63) is 34.4 Å². The van der Waals surface area contributed by atoms with Crippen molar-refractivity contribution in [3.8, 4) is 11.3 Å². The molecule has 0 fully saturated rings. The number of nitrogens with one attached hydrogen (secondary N) is 1. The number of benzene rings is 1. The van der Waals surface area contributed by atoms with E-state index in [-0.39, 0.29) is 6.04 Å². The van der Waals surface area contributed by atoms with Crippen molar-refractivity contribution < 1.29 is 0 Å². The summed E-state index contributed by atoms with van der Waals surface area (Å²) in [5, 5.41) is 11.3. The lowest BCUT2D eigenvalue weighted by atomic mass is 9.99. The zero-order chi connectivity index (χ0) is 12.4. The Bertz CT molecular complexity index is 501. The molecule has 1 N–H and O–H groups in total. The standard InChI is InChI=1S/C12H15BrN4/c1-8(14-2)9-6-4-5-7-10(9)11-12(13)15-16-17(11)3/h4-8,14H,1-3H3. The van der Waals surface area contributed by atoms with E-state index in [0.29, 0.717) is 0 Å². The fraction of sp³-hybridized carbons (Fsp3) is 0.333. The minimum atomic E-state index is 0.285. The summed E-state index contributed by atoms with van der Waals surface area (Å²) >= 11 is 3.44. The minimum absolute atomic E-state index is 0.285. The van der Waals surface area contributed by atoms with Crippen LogP contribution in [0.5, 0.6) is 0 Å². The van der Waals surface area contributed by atoms with Gasteiger partial charge in [0, 0.05) is 18.7 Å². The molecule has 4 nitrogen and oxygen atoms in total. The van der Waals surface area contributed by atoms with Crippen LogP contribution < -0.4 is 5.32 Å². The summed E-state index contributed by atoms with van der Waals surface area (Å²) in [5.41, 5.74) is 3.39. The summed E-state index contributed by atoms with van der Waals surface area (Å²) < 4.78 is 2.56. The van der Waals surface area contributed by atoms with Gasteiger partial charge in [-0.25, -0.2) is 4.68 Å². The fourth-order valence-electron chi connectivity index (χ4n) is 1.86. The molecular formula is C12H15BrN4. The summed E-state index contributed by atoms with van der Waals surface area (Å²) in [5.74, 6) is 0. The summed E-state index contributed by atoms with van der Waals surface area (Å²) in [6.07, 6.45) is 0. The van der Waals surface area contributed by atoms with Crippen LogP contribution in [0, 0.1) is 0 Å². The smallest absolute Gasteiger partial charge is 0.156 e. The number of halogens is 1. The molecule has 0 aliphatic heterocycles. The Morgan fingerprint density at radius 3 is 2.65 bits per heavy atom. The second-order valence-corrected chi connectivity index (χ2v) is 4.70. The van der Waals surface area contributed by atoms with E-state index in [0.717, 1.165) is 15.9 Å². The van der Waals surface area contributed by atoms with Crippen LogP contribution in [-0.2, 0) is 7.05 Å². The Hall–Kier alpha value is -1.20. The number of hydrogen-bond donors (Lipinski definition) is 1. The first-order valence-corrected chi connectivity index (χ1v) is 6.26. The maximum Gasteiger partial charge on any atom is 0.156 e. The molecule has 1 unspecified atom stereocenters. The van der Waals surface area contributed by atoms with Crippen LogP contribution in [0.25, 0.3) is 11.3 Å². The van der Waals surface area contributed by atoms with Crippen molar-refractivity contribution in [1.29, 1.82) is 0 Å². The average molecular weight is 295 g/mol. The lowest BCUT2D eigenvalue weighted by Gasteiger charge is -2.15. The third-order valence-corrected chi connectivity index (χ3v) is 3.44. The van der Waals surface area contributed by atoms with Crippen LogP contribution >= 0.6 is 15.9 Å². The highest BCUT2D eigenvalue weighted by molar-refractivity contribution is 9.10. The maximum absolute atomic E-state index is 4.03. The molecule has 1 aromatic carbocycles. The monoisotopic (exact) mass is 294 g/mol. The van der Waals surface area contributed by atoms with Crippen LogP contribution in [-0.4, -0.2) is 22.0 Å². The van der Waals surface area contributed by atoms with E-state index in [1.54, 1.807) is 4.68 Å². The molecule has 0 aliphatic carbocycles. The van der Waals surface area contributed by atoms with Gasteiger partial charge < -0.3 is 5.32 Å². The first-order valence-electron chi connectivity index (χ1n) is 5.47. The van der Waals surface area contributed by atoms with Gasteiger partial charge >= 0.3 is 0 Å². The van der Waals surface area contributed by atoms with Gasteiger partial charge in [-0.15, -0.1) is 5.10 Å². The number of hydrogen-bond acceptors (Lipinski definition) is 3. The molecule has 2 rings (SSSR count). The molecule has 0 bridgehead atoms. The predicted molar refractivity (Wildman–Crippen MR) is 71.6 cm³/mol. The van der Waals surface area contributed by atoms with E-state index < -0.39 is 0 Å². The molecule has 1 atom stereocenters. The van der Waals surface area contributed by atoms with Crippen LogP contribution in [0.3, 0.4) is 0 Å². The highest BCUT2D eigenvalue weighted by Crippen LogP contribution is 2.31. The Morgan fingerprint density at radius 2 is 2.06 bits per heavy atom. The topological polar surface area (TPSA) is 42.7 Å². The van der Waals surface area contributed by atoms with Gasteiger partial charge in [0.25, 0.3) is 0 Å². The van der Waals surface area contributed by atoms with Gasteiger partial charge in [0.1, 0.15) is 5.69 Å². The molecule has 1 heterocycles. The summed E-state index contributed by atoms with van der Waals surface area (Å²) in [4.78, 5) is 0. The first-order chi connectivity index (χ1) is 8.15. The molecule has 0 radical (unpaired) electrons. The SMILES string of the molecule is CNC(C)c1ccccc1-c1c(Br)nnn1C. The third-order valence-electron chi connectivity index (χ3n) is 2.90. The lowest BCUT2D eigenvalue weighted by molar-refractivity contribution is 0.651. The Morgan fingerprint density at radius 1 is 1.35 bits per heavy atom. The number of aryl methyl sites for hydroxylation is 1. The van der Waals surface area contributed by atoms with Crippen molar-refractivity contribution in [2.75, 3.05) is 7.05 Å². The summed E-state index contributed by atoms with van der Waals surface area (Å²) in [6, 6.07) is 8.57. The van der Waals surface area contributed by atoms with Crippen LogP contribution in [0.4, 0.5) is 0 Å². The third kappa shape index (κ3) is 2.25. The highest BCUT2D eigenvalue weighted by Gasteiger charge is 2.16. The Labute approximate surface area is 109 Å². The van der Waals surface area contributed by atoms with Crippen LogP contribution in [0.15, 0.2) is 28.9 Å². The van der Waals surface area contributed by atoms with Crippen LogP contribution in [0.2, 0.25) is 0 Å². The average Bonchev–Trinajstić information content (AvgIpc) is 2.68. The summed E-state index contributed by atoms with van der Waals surface area (Å²) in [6.45, 7) is 2.14. The second-order valence-electron chi connectivity index (χ2n) is 3.95. The van der Waals surface area contributed by atoms with Crippen LogP contribution in [0.1, 0.15) is 18.5 Å². The first kappa shape index (κ1) is 12.3. The van der Waals surface area contributed by atoms with Gasteiger partial charge in [-0.1, -0.05) is 29.5 Å². The minimum Gasteiger partial charge on any atom is -0.313 e. The molecule has 2 aromatic rings. The number of nitrogens with zero attached hydrogens (tertiary/aromatic N) is 3.